The van der Waals surface area contributed by atoms with Crippen molar-refractivity contribution in [3.05, 3.63) is 80.8 Å². The molecular formula is C21H20N6O3. The zero-order valence-electron chi connectivity index (χ0n) is 16.8. The van der Waals surface area contributed by atoms with Crippen LogP contribution in [0.5, 0.6) is 0 Å². The predicted octanol–water partition coefficient (Wildman–Crippen LogP) is 3.51. The van der Waals surface area contributed by atoms with Crippen molar-refractivity contribution in [2.75, 3.05) is 0 Å². The van der Waals surface area contributed by atoms with Gasteiger partial charge in [0.05, 0.1) is 16.3 Å². The molecule has 9 heteroatoms. The van der Waals surface area contributed by atoms with Crippen LogP contribution in [0.3, 0.4) is 0 Å². The summed E-state index contributed by atoms with van der Waals surface area (Å²) in [4.78, 5) is 26.5. The van der Waals surface area contributed by atoms with E-state index in [9.17, 15) is 14.9 Å². The number of non-ortho nitro benzene ring substituents is 1. The molecule has 0 fully saturated rings. The van der Waals surface area contributed by atoms with E-state index in [4.69, 9.17) is 0 Å². The fourth-order valence-electron chi connectivity index (χ4n) is 3.41. The number of nitro groups is 1. The maximum absolute atomic E-state index is 12.7. The molecule has 0 unspecified atom stereocenters. The number of hydrogen-bond donors (Lipinski definition) is 2. The molecule has 152 valence electrons. The van der Waals surface area contributed by atoms with Gasteiger partial charge in [-0.3, -0.25) is 14.9 Å². The van der Waals surface area contributed by atoms with Crippen LogP contribution in [0.1, 0.15) is 33.0 Å². The second-order valence-electron chi connectivity index (χ2n) is 7.15. The van der Waals surface area contributed by atoms with Crippen LogP contribution in [0.2, 0.25) is 0 Å². The average Bonchev–Trinajstić information content (AvgIpc) is 3.26. The van der Waals surface area contributed by atoms with Gasteiger partial charge in [0.25, 0.3) is 11.6 Å². The Labute approximate surface area is 171 Å². The first-order valence-corrected chi connectivity index (χ1v) is 9.38. The molecule has 0 bridgehead atoms. The number of carbonyl (C=O) groups is 1. The Balaban J connectivity index is 1.53. The molecule has 0 spiro atoms. The van der Waals surface area contributed by atoms with Crippen molar-refractivity contribution in [1.29, 1.82) is 0 Å². The summed E-state index contributed by atoms with van der Waals surface area (Å²) < 4.78 is 1.42. The number of amides is 1. The van der Waals surface area contributed by atoms with E-state index in [0.717, 1.165) is 22.2 Å². The molecule has 4 rings (SSSR count). The highest BCUT2D eigenvalue weighted by molar-refractivity contribution is 5.93. The lowest BCUT2D eigenvalue weighted by Crippen LogP contribution is -2.24. The Kier molecular flexibility index (Phi) is 4.78. The number of benzene rings is 2. The Morgan fingerprint density at radius 1 is 1.20 bits per heavy atom. The number of carbonyl (C=O) groups excluding carboxylic acids is 1. The summed E-state index contributed by atoms with van der Waals surface area (Å²) in [5.41, 5.74) is 5.44. The summed E-state index contributed by atoms with van der Waals surface area (Å²) in [6.45, 7) is 6.14. The minimum atomic E-state index is -0.478. The Morgan fingerprint density at radius 2 is 2.00 bits per heavy atom. The summed E-state index contributed by atoms with van der Waals surface area (Å²) in [6, 6.07) is 12.0. The quantitative estimate of drug-likeness (QED) is 0.390. The smallest absolute Gasteiger partial charge is 0.274 e. The third-order valence-electron chi connectivity index (χ3n) is 5.22. The lowest BCUT2D eigenvalue weighted by Gasteiger charge is -2.06. The van der Waals surface area contributed by atoms with Crippen molar-refractivity contribution >= 4 is 22.5 Å². The predicted molar refractivity (Wildman–Crippen MR) is 112 cm³/mol. The van der Waals surface area contributed by atoms with Crippen LogP contribution in [0.25, 0.3) is 16.6 Å². The molecule has 0 saturated heterocycles. The van der Waals surface area contributed by atoms with Gasteiger partial charge in [-0.05, 0) is 50.1 Å². The van der Waals surface area contributed by atoms with Crippen LogP contribution >= 0.6 is 0 Å². The maximum Gasteiger partial charge on any atom is 0.274 e. The van der Waals surface area contributed by atoms with Gasteiger partial charge >= 0.3 is 0 Å². The standard InChI is InChI=1S/C21H20N6O3/c1-12-13(2)23-19-8-7-15(9-18(12)19)11-22-21(28)20-14(3)26(25-24-20)16-5-4-6-17(10-16)27(29)30/h4-10,23H,11H2,1-3H3,(H,22,28). The second-order valence-corrected chi connectivity index (χ2v) is 7.15. The number of nitrogens with zero attached hydrogens (tertiary/aromatic N) is 4. The van der Waals surface area contributed by atoms with Crippen molar-refractivity contribution in [1.82, 2.24) is 25.3 Å². The summed E-state index contributed by atoms with van der Waals surface area (Å²) >= 11 is 0. The second kappa shape index (κ2) is 7.43. The largest absolute Gasteiger partial charge is 0.358 e. The third-order valence-corrected chi connectivity index (χ3v) is 5.22. The lowest BCUT2D eigenvalue weighted by atomic mass is 10.1. The molecule has 1 amide bonds. The number of H-pyrrole nitrogens is 1. The first kappa shape index (κ1) is 19.3. The molecule has 30 heavy (non-hydrogen) atoms. The summed E-state index contributed by atoms with van der Waals surface area (Å²) in [5, 5.41) is 23.0. The number of fused-ring (bicyclic) bond motifs is 1. The van der Waals surface area contributed by atoms with E-state index >= 15 is 0 Å². The number of nitrogens with one attached hydrogen (secondary N) is 2. The van der Waals surface area contributed by atoms with Crippen LogP contribution in [0.15, 0.2) is 42.5 Å². The van der Waals surface area contributed by atoms with Gasteiger partial charge in [-0.2, -0.15) is 0 Å². The van der Waals surface area contributed by atoms with Crippen LogP contribution in [0, 0.1) is 30.9 Å². The minimum absolute atomic E-state index is 0.0564. The van der Waals surface area contributed by atoms with Crippen LogP contribution in [-0.4, -0.2) is 30.8 Å². The van der Waals surface area contributed by atoms with Gasteiger partial charge in [0.2, 0.25) is 0 Å². The van der Waals surface area contributed by atoms with E-state index in [1.54, 1.807) is 19.1 Å². The molecule has 2 heterocycles. The summed E-state index contributed by atoms with van der Waals surface area (Å²) in [7, 11) is 0. The van der Waals surface area contributed by atoms with E-state index in [1.165, 1.54) is 22.4 Å². The Bertz CT molecular complexity index is 1290. The molecule has 2 aromatic carbocycles. The number of nitro benzene ring substituents is 1. The topological polar surface area (TPSA) is 119 Å². The van der Waals surface area contributed by atoms with Crippen molar-refractivity contribution in [3.63, 3.8) is 0 Å². The average molecular weight is 404 g/mol. The molecule has 0 aliphatic heterocycles. The molecule has 4 aromatic rings. The van der Waals surface area contributed by atoms with E-state index in [2.05, 4.69) is 33.6 Å². The van der Waals surface area contributed by atoms with Gasteiger partial charge in [-0.1, -0.05) is 17.3 Å². The Morgan fingerprint density at radius 3 is 2.77 bits per heavy atom. The van der Waals surface area contributed by atoms with Crippen molar-refractivity contribution in [2.24, 2.45) is 0 Å². The van der Waals surface area contributed by atoms with E-state index in [0.29, 0.717) is 17.9 Å². The monoisotopic (exact) mass is 404 g/mol. The zero-order chi connectivity index (χ0) is 21.4. The van der Waals surface area contributed by atoms with Gasteiger partial charge in [-0.15, -0.1) is 5.10 Å². The highest BCUT2D eigenvalue weighted by Crippen LogP contribution is 2.22. The van der Waals surface area contributed by atoms with E-state index < -0.39 is 4.92 Å². The molecule has 0 atom stereocenters. The normalized spacial score (nSPS) is 11.0. The summed E-state index contributed by atoms with van der Waals surface area (Å²) in [5.74, 6) is -0.355. The molecule has 9 nitrogen and oxygen atoms in total. The minimum Gasteiger partial charge on any atom is -0.358 e. The first-order valence-electron chi connectivity index (χ1n) is 9.38. The highest BCUT2D eigenvalue weighted by atomic mass is 16.6. The fraction of sp³-hybridized carbons (Fsp3) is 0.190. The van der Waals surface area contributed by atoms with Crippen molar-refractivity contribution < 1.29 is 9.72 Å². The van der Waals surface area contributed by atoms with E-state index in [-0.39, 0.29) is 17.3 Å². The molecule has 0 radical (unpaired) electrons. The van der Waals surface area contributed by atoms with Crippen LogP contribution in [0.4, 0.5) is 5.69 Å². The van der Waals surface area contributed by atoms with Gasteiger partial charge in [-0.25, -0.2) is 4.68 Å². The van der Waals surface area contributed by atoms with E-state index in [1.807, 2.05) is 19.1 Å². The number of aryl methyl sites for hydroxylation is 2. The SMILES string of the molecule is Cc1[nH]c2ccc(CNC(=O)c3nnn(-c4cccc([N+](=O)[O-])c4)c3C)cc2c1C. The number of aromatic nitrogens is 4. The third kappa shape index (κ3) is 3.41. The molecule has 0 saturated carbocycles. The van der Waals surface area contributed by atoms with Gasteiger partial charge in [0.15, 0.2) is 5.69 Å². The summed E-state index contributed by atoms with van der Waals surface area (Å²) in [6.07, 6.45) is 0. The molecule has 2 N–H and O–H groups in total. The number of hydrogen-bond acceptors (Lipinski definition) is 5. The number of rotatable bonds is 5. The van der Waals surface area contributed by atoms with Crippen molar-refractivity contribution in [3.8, 4) is 5.69 Å². The fourth-order valence-corrected chi connectivity index (χ4v) is 3.41. The molecule has 0 aliphatic carbocycles. The maximum atomic E-state index is 12.7. The first-order chi connectivity index (χ1) is 14.3. The number of aromatic amines is 1. The molecule has 0 aliphatic rings. The van der Waals surface area contributed by atoms with Gasteiger partial charge < -0.3 is 10.3 Å². The Hall–Kier alpha value is -4.01. The van der Waals surface area contributed by atoms with Gasteiger partial charge in [0, 0.05) is 35.3 Å². The zero-order valence-corrected chi connectivity index (χ0v) is 16.8. The van der Waals surface area contributed by atoms with Crippen molar-refractivity contribution in [2.45, 2.75) is 27.3 Å². The molecular weight excluding hydrogens is 384 g/mol. The lowest BCUT2D eigenvalue weighted by molar-refractivity contribution is -0.384. The van der Waals surface area contributed by atoms with Crippen LogP contribution < -0.4 is 5.32 Å². The molecule has 2 aromatic heterocycles. The highest BCUT2D eigenvalue weighted by Gasteiger charge is 2.18. The van der Waals surface area contributed by atoms with Gasteiger partial charge in [0.1, 0.15) is 0 Å². The van der Waals surface area contributed by atoms with Crippen LogP contribution in [-0.2, 0) is 6.54 Å².